The molecule has 1 fully saturated rings. The van der Waals surface area contributed by atoms with E-state index < -0.39 is 0 Å². The second kappa shape index (κ2) is 7.51. The first-order valence-corrected chi connectivity index (χ1v) is 8.59. The van der Waals surface area contributed by atoms with Crippen LogP contribution in [0.15, 0.2) is 30.5 Å². The number of benzene rings is 1. The van der Waals surface area contributed by atoms with Crippen molar-refractivity contribution in [2.45, 2.75) is 45.1 Å². The fourth-order valence-corrected chi connectivity index (χ4v) is 3.35. The molecule has 1 saturated carbocycles. The fourth-order valence-electron chi connectivity index (χ4n) is 3.35. The number of hydrogen-bond donors (Lipinski definition) is 1. The van der Waals surface area contributed by atoms with Crippen LogP contribution in [-0.2, 0) is 11.2 Å². The molecule has 0 atom stereocenters. The number of carbonyl (C=O) groups is 2. The molecule has 132 valence electrons. The van der Waals surface area contributed by atoms with E-state index in [0.29, 0.717) is 22.9 Å². The van der Waals surface area contributed by atoms with Gasteiger partial charge in [-0.1, -0.05) is 12.8 Å². The van der Waals surface area contributed by atoms with Crippen molar-refractivity contribution in [2.75, 3.05) is 12.4 Å². The number of hydrogen-bond acceptors (Lipinski definition) is 4. The summed E-state index contributed by atoms with van der Waals surface area (Å²) in [4.78, 5) is 24.1. The first-order valence-electron chi connectivity index (χ1n) is 8.59. The third kappa shape index (κ3) is 3.90. The molecule has 0 saturated heterocycles. The normalized spacial score (nSPS) is 14.5. The number of nitrogens with one attached hydrogen (secondary N) is 1. The van der Waals surface area contributed by atoms with Crippen molar-refractivity contribution in [1.82, 2.24) is 9.78 Å². The number of methoxy groups -OCH3 is 1. The van der Waals surface area contributed by atoms with Gasteiger partial charge in [-0.3, -0.25) is 9.59 Å². The Labute approximate surface area is 147 Å². The van der Waals surface area contributed by atoms with Gasteiger partial charge in [0, 0.05) is 17.2 Å². The molecule has 0 aliphatic heterocycles. The summed E-state index contributed by atoms with van der Waals surface area (Å²) in [6.45, 7) is 1.51. The average molecular weight is 341 g/mol. The van der Waals surface area contributed by atoms with Crippen molar-refractivity contribution in [3.8, 4) is 5.75 Å². The van der Waals surface area contributed by atoms with Gasteiger partial charge in [0.05, 0.1) is 25.8 Å². The van der Waals surface area contributed by atoms with Gasteiger partial charge in [-0.05, 0) is 38.0 Å². The topological polar surface area (TPSA) is 73.2 Å². The molecule has 2 aromatic rings. The summed E-state index contributed by atoms with van der Waals surface area (Å²) in [6.07, 6.45) is 6.45. The van der Waals surface area contributed by atoms with E-state index in [-0.39, 0.29) is 18.1 Å². The zero-order valence-corrected chi connectivity index (χ0v) is 14.6. The molecule has 0 unspecified atom stereocenters. The summed E-state index contributed by atoms with van der Waals surface area (Å²) in [5, 5.41) is 7.30. The standard InChI is InChI=1S/C19H23N3O3/c1-13(23)14-7-8-17(25-2)15(11-14)12-19(24)21-18-9-10-20-22(18)16-5-3-4-6-16/h7-11,16H,3-6,12H2,1-2H3,(H,21,24). The van der Waals surface area contributed by atoms with Gasteiger partial charge in [0.25, 0.3) is 0 Å². The Morgan fingerprint density at radius 3 is 2.72 bits per heavy atom. The van der Waals surface area contributed by atoms with Crippen molar-refractivity contribution in [1.29, 1.82) is 0 Å². The molecule has 0 bridgehead atoms. The van der Waals surface area contributed by atoms with Crippen LogP contribution in [0.1, 0.15) is 54.6 Å². The smallest absolute Gasteiger partial charge is 0.230 e. The summed E-state index contributed by atoms with van der Waals surface area (Å²) in [5.74, 6) is 1.13. The highest BCUT2D eigenvalue weighted by Crippen LogP contribution is 2.31. The Kier molecular flexibility index (Phi) is 5.16. The van der Waals surface area contributed by atoms with Gasteiger partial charge in [0.2, 0.25) is 5.91 Å². The van der Waals surface area contributed by atoms with Crippen LogP contribution in [0.4, 0.5) is 5.82 Å². The lowest BCUT2D eigenvalue weighted by Crippen LogP contribution is -2.19. The highest BCUT2D eigenvalue weighted by atomic mass is 16.5. The fraction of sp³-hybridized carbons (Fsp3) is 0.421. The minimum atomic E-state index is -0.154. The maximum absolute atomic E-state index is 12.5. The minimum Gasteiger partial charge on any atom is -0.496 e. The molecular weight excluding hydrogens is 318 g/mol. The van der Waals surface area contributed by atoms with Crippen LogP contribution in [0.2, 0.25) is 0 Å². The summed E-state index contributed by atoms with van der Waals surface area (Å²) < 4.78 is 7.22. The number of aromatic nitrogens is 2. The lowest BCUT2D eigenvalue weighted by atomic mass is 10.0. The molecule has 1 amide bonds. The average Bonchev–Trinajstić information content (AvgIpc) is 3.25. The van der Waals surface area contributed by atoms with Crippen LogP contribution in [0, 0.1) is 0 Å². The number of ether oxygens (including phenoxy) is 1. The minimum absolute atomic E-state index is 0.0383. The molecule has 6 heteroatoms. The Balaban J connectivity index is 1.74. The highest BCUT2D eigenvalue weighted by molar-refractivity contribution is 5.96. The second-order valence-electron chi connectivity index (χ2n) is 6.41. The second-order valence-corrected chi connectivity index (χ2v) is 6.41. The summed E-state index contributed by atoms with van der Waals surface area (Å²) in [6, 6.07) is 7.33. The summed E-state index contributed by atoms with van der Waals surface area (Å²) in [5.41, 5.74) is 1.26. The Bertz CT molecular complexity index is 776. The monoisotopic (exact) mass is 341 g/mol. The molecule has 3 rings (SSSR count). The zero-order chi connectivity index (χ0) is 17.8. The van der Waals surface area contributed by atoms with E-state index >= 15 is 0 Å². The van der Waals surface area contributed by atoms with Crippen molar-refractivity contribution in [3.63, 3.8) is 0 Å². The van der Waals surface area contributed by atoms with Gasteiger partial charge in [-0.15, -0.1) is 0 Å². The van der Waals surface area contributed by atoms with Gasteiger partial charge in [-0.2, -0.15) is 5.10 Å². The quantitative estimate of drug-likeness (QED) is 0.817. The zero-order valence-electron chi connectivity index (χ0n) is 14.6. The molecule has 0 radical (unpaired) electrons. The number of amides is 1. The van der Waals surface area contributed by atoms with Crippen LogP contribution in [0.3, 0.4) is 0 Å². The van der Waals surface area contributed by atoms with E-state index in [9.17, 15) is 9.59 Å². The first kappa shape index (κ1) is 17.2. The van der Waals surface area contributed by atoms with E-state index in [0.717, 1.165) is 18.7 Å². The van der Waals surface area contributed by atoms with Crippen LogP contribution < -0.4 is 10.1 Å². The molecule has 1 aliphatic rings. The molecule has 25 heavy (non-hydrogen) atoms. The van der Waals surface area contributed by atoms with E-state index in [1.165, 1.54) is 19.8 Å². The molecule has 0 spiro atoms. The lowest BCUT2D eigenvalue weighted by molar-refractivity contribution is -0.115. The van der Waals surface area contributed by atoms with Crippen LogP contribution in [0.5, 0.6) is 5.75 Å². The number of ketones is 1. The molecule has 1 heterocycles. The number of nitrogens with zero attached hydrogens (tertiary/aromatic N) is 2. The third-order valence-corrected chi connectivity index (χ3v) is 4.65. The molecule has 1 aliphatic carbocycles. The highest BCUT2D eigenvalue weighted by Gasteiger charge is 2.21. The van der Waals surface area contributed by atoms with E-state index in [1.54, 1.807) is 31.5 Å². The third-order valence-electron chi connectivity index (χ3n) is 4.65. The predicted octanol–water partition coefficient (Wildman–Crippen LogP) is 3.39. The van der Waals surface area contributed by atoms with E-state index in [4.69, 9.17) is 4.74 Å². The largest absolute Gasteiger partial charge is 0.496 e. The van der Waals surface area contributed by atoms with Gasteiger partial charge in [-0.25, -0.2) is 4.68 Å². The maximum Gasteiger partial charge on any atom is 0.230 e. The van der Waals surface area contributed by atoms with Crippen LogP contribution in [-0.4, -0.2) is 28.6 Å². The predicted molar refractivity (Wildman–Crippen MR) is 95.1 cm³/mol. The first-order chi connectivity index (χ1) is 12.1. The van der Waals surface area contributed by atoms with Gasteiger partial charge in [0.15, 0.2) is 5.78 Å². The van der Waals surface area contributed by atoms with Gasteiger partial charge in [0.1, 0.15) is 11.6 Å². The maximum atomic E-state index is 12.5. The Morgan fingerprint density at radius 1 is 1.28 bits per heavy atom. The van der Waals surface area contributed by atoms with Gasteiger partial charge < -0.3 is 10.1 Å². The van der Waals surface area contributed by atoms with Crippen molar-refractivity contribution in [3.05, 3.63) is 41.6 Å². The molecular formula is C19H23N3O3. The molecule has 1 N–H and O–H groups in total. The molecule has 1 aromatic heterocycles. The lowest BCUT2D eigenvalue weighted by Gasteiger charge is -2.15. The Morgan fingerprint density at radius 2 is 2.04 bits per heavy atom. The summed E-state index contributed by atoms with van der Waals surface area (Å²) >= 11 is 0. The van der Waals surface area contributed by atoms with E-state index in [1.807, 2.05) is 10.7 Å². The molecule has 6 nitrogen and oxygen atoms in total. The number of Topliss-reactive ketones (excluding diaryl/α,β-unsaturated/α-hetero) is 1. The van der Waals surface area contributed by atoms with E-state index in [2.05, 4.69) is 10.4 Å². The summed E-state index contributed by atoms with van der Waals surface area (Å²) in [7, 11) is 1.55. The Hall–Kier alpha value is -2.63. The molecule has 1 aromatic carbocycles. The van der Waals surface area contributed by atoms with Crippen molar-refractivity contribution >= 4 is 17.5 Å². The van der Waals surface area contributed by atoms with Crippen molar-refractivity contribution < 1.29 is 14.3 Å². The number of rotatable bonds is 6. The SMILES string of the molecule is COc1ccc(C(C)=O)cc1CC(=O)Nc1ccnn1C1CCCC1. The van der Waals surface area contributed by atoms with Crippen LogP contribution in [0.25, 0.3) is 0 Å². The number of carbonyl (C=O) groups excluding carboxylic acids is 2. The number of anilines is 1. The van der Waals surface area contributed by atoms with Gasteiger partial charge >= 0.3 is 0 Å². The van der Waals surface area contributed by atoms with Crippen molar-refractivity contribution in [2.24, 2.45) is 0 Å². The van der Waals surface area contributed by atoms with Crippen LogP contribution >= 0.6 is 0 Å².